The van der Waals surface area contributed by atoms with E-state index in [1.54, 1.807) is 0 Å². The van der Waals surface area contributed by atoms with Crippen LogP contribution in [0.5, 0.6) is 0 Å². The second-order valence-corrected chi connectivity index (χ2v) is 7.80. The Labute approximate surface area is 116 Å². The van der Waals surface area contributed by atoms with Crippen LogP contribution in [0.4, 0.5) is 0 Å². The third-order valence-electron chi connectivity index (χ3n) is 4.95. The van der Waals surface area contributed by atoms with Gasteiger partial charge in [0.05, 0.1) is 17.1 Å². The molecule has 1 saturated heterocycles. The van der Waals surface area contributed by atoms with E-state index >= 15 is 0 Å². The van der Waals surface area contributed by atoms with Gasteiger partial charge in [-0.05, 0) is 65.7 Å². The minimum Gasteiger partial charge on any atom is -0.382 e. The number of rotatable bonds is 2. The molecule has 1 aliphatic heterocycles. The fraction of sp³-hybridized carbons (Fsp3) is 0.938. The Hall–Kier alpha value is -0.410. The maximum absolute atomic E-state index is 12.8. The van der Waals surface area contributed by atoms with Crippen molar-refractivity contribution in [3.8, 4) is 0 Å². The summed E-state index contributed by atoms with van der Waals surface area (Å²) in [6.45, 7) is 10.2. The van der Waals surface area contributed by atoms with Gasteiger partial charge in [0.15, 0.2) is 5.78 Å². The summed E-state index contributed by atoms with van der Waals surface area (Å²) in [5, 5.41) is 10.7. The molecule has 2 aliphatic rings. The predicted molar refractivity (Wildman–Crippen MR) is 74.9 cm³/mol. The van der Waals surface area contributed by atoms with E-state index in [2.05, 4.69) is 6.92 Å². The number of hydrogen-bond acceptors (Lipinski definition) is 3. The molecule has 0 bridgehead atoms. The molecule has 1 aliphatic carbocycles. The van der Waals surface area contributed by atoms with Gasteiger partial charge in [-0.2, -0.15) is 0 Å². The lowest BCUT2D eigenvalue weighted by atomic mass is 9.70. The molecule has 1 saturated carbocycles. The highest BCUT2D eigenvalue weighted by molar-refractivity contribution is 5.90. The van der Waals surface area contributed by atoms with Crippen LogP contribution < -0.4 is 0 Å². The highest BCUT2D eigenvalue weighted by atomic mass is 16.5. The Morgan fingerprint density at radius 3 is 2.11 bits per heavy atom. The van der Waals surface area contributed by atoms with Crippen LogP contribution in [0, 0.1) is 11.8 Å². The fourth-order valence-corrected chi connectivity index (χ4v) is 3.78. The molecule has 19 heavy (non-hydrogen) atoms. The van der Waals surface area contributed by atoms with Crippen LogP contribution in [0.3, 0.4) is 0 Å². The highest BCUT2D eigenvalue weighted by Crippen LogP contribution is 2.46. The Bertz CT molecular complexity index is 362. The van der Waals surface area contributed by atoms with E-state index in [1.807, 2.05) is 27.7 Å². The molecule has 1 N–H and O–H groups in total. The lowest BCUT2D eigenvalue weighted by molar-refractivity contribution is -0.151. The van der Waals surface area contributed by atoms with Crippen LogP contribution in [0.1, 0.15) is 66.7 Å². The van der Waals surface area contributed by atoms with E-state index in [9.17, 15) is 9.90 Å². The van der Waals surface area contributed by atoms with Gasteiger partial charge in [0.2, 0.25) is 0 Å². The van der Waals surface area contributed by atoms with E-state index < -0.39 is 11.2 Å². The summed E-state index contributed by atoms with van der Waals surface area (Å²) in [5.41, 5.74) is -1.86. The van der Waals surface area contributed by atoms with E-state index in [4.69, 9.17) is 4.74 Å². The molecule has 0 radical (unpaired) electrons. The lowest BCUT2D eigenvalue weighted by Gasteiger charge is -2.37. The zero-order valence-electron chi connectivity index (χ0n) is 13.0. The van der Waals surface area contributed by atoms with Crippen molar-refractivity contribution in [3.05, 3.63) is 0 Å². The molecule has 2 fully saturated rings. The van der Waals surface area contributed by atoms with Gasteiger partial charge in [0, 0.05) is 0 Å². The van der Waals surface area contributed by atoms with Crippen molar-refractivity contribution in [2.24, 2.45) is 11.8 Å². The Morgan fingerprint density at radius 1 is 1.16 bits per heavy atom. The Balaban J connectivity index is 2.16. The molecular weight excluding hydrogens is 240 g/mol. The van der Waals surface area contributed by atoms with Crippen LogP contribution in [0.2, 0.25) is 0 Å². The number of carbonyl (C=O) groups is 1. The van der Waals surface area contributed by atoms with Crippen LogP contribution in [-0.2, 0) is 9.53 Å². The van der Waals surface area contributed by atoms with Crippen LogP contribution in [0.15, 0.2) is 0 Å². The van der Waals surface area contributed by atoms with Crippen molar-refractivity contribution in [2.75, 3.05) is 0 Å². The summed E-state index contributed by atoms with van der Waals surface area (Å²) in [6.07, 6.45) is 3.82. The molecule has 0 spiro atoms. The van der Waals surface area contributed by atoms with E-state index in [0.29, 0.717) is 25.2 Å². The van der Waals surface area contributed by atoms with Gasteiger partial charge in [0.25, 0.3) is 0 Å². The Morgan fingerprint density at radius 2 is 1.68 bits per heavy atom. The maximum Gasteiger partial charge on any atom is 0.170 e. The molecule has 3 heteroatoms. The van der Waals surface area contributed by atoms with Crippen molar-refractivity contribution in [3.63, 3.8) is 0 Å². The van der Waals surface area contributed by atoms with Gasteiger partial charge in [0.1, 0.15) is 5.60 Å². The summed E-state index contributed by atoms with van der Waals surface area (Å²) < 4.78 is 5.99. The fourth-order valence-electron chi connectivity index (χ4n) is 3.78. The van der Waals surface area contributed by atoms with Crippen molar-refractivity contribution >= 4 is 5.78 Å². The molecule has 1 unspecified atom stereocenters. The smallest absolute Gasteiger partial charge is 0.170 e. The first-order valence-electron chi connectivity index (χ1n) is 7.53. The van der Waals surface area contributed by atoms with Crippen molar-refractivity contribution in [1.29, 1.82) is 0 Å². The molecule has 2 rings (SSSR count). The van der Waals surface area contributed by atoms with Crippen molar-refractivity contribution in [2.45, 2.75) is 83.5 Å². The quantitative estimate of drug-likeness (QED) is 0.837. The number of ether oxygens (including phenoxy) is 1. The largest absolute Gasteiger partial charge is 0.382 e. The zero-order valence-corrected chi connectivity index (χ0v) is 13.0. The third-order valence-corrected chi connectivity index (χ3v) is 4.95. The third kappa shape index (κ3) is 2.87. The molecular formula is C16H28O3. The zero-order chi connectivity index (χ0) is 14.5. The minimum absolute atomic E-state index is 0.00924. The number of ketones is 1. The average molecular weight is 268 g/mol. The Kier molecular flexibility index (Phi) is 3.60. The molecule has 0 aromatic rings. The first-order valence-corrected chi connectivity index (χ1v) is 7.53. The van der Waals surface area contributed by atoms with Gasteiger partial charge < -0.3 is 9.84 Å². The normalized spacial score (nSPS) is 41.2. The molecule has 3 nitrogen and oxygen atoms in total. The molecule has 0 aromatic heterocycles. The van der Waals surface area contributed by atoms with Crippen LogP contribution in [-0.4, -0.2) is 27.7 Å². The van der Waals surface area contributed by atoms with Crippen molar-refractivity contribution < 1.29 is 14.6 Å². The van der Waals surface area contributed by atoms with Gasteiger partial charge >= 0.3 is 0 Å². The van der Waals surface area contributed by atoms with Gasteiger partial charge in [-0.25, -0.2) is 0 Å². The number of hydrogen-bond donors (Lipinski definition) is 1. The topological polar surface area (TPSA) is 46.5 Å². The summed E-state index contributed by atoms with van der Waals surface area (Å²) in [6, 6.07) is 0. The number of carbonyl (C=O) groups excluding carboxylic acids is 1. The van der Waals surface area contributed by atoms with E-state index in [1.165, 1.54) is 0 Å². The SMILES string of the molecule is CC1CCC(O)(C(=O)C2CC(C)(C)OC2(C)C)CC1. The van der Waals surface area contributed by atoms with Crippen molar-refractivity contribution in [1.82, 2.24) is 0 Å². The van der Waals surface area contributed by atoms with Gasteiger partial charge in [-0.1, -0.05) is 6.92 Å². The summed E-state index contributed by atoms with van der Waals surface area (Å²) in [7, 11) is 0. The standard InChI is InChI=1S/C16H28O3/c1-11-6-8-16(18,9-7-11)13(17)12-10-14(2,3)19-15(12,4)5/h11-12,18H,6-10H2,1-5H3. The monoisotopic (exact) mass is 268 g/mol. The highest BCUT2D eigenvalue weighted by Gasteiger charge is 2.54. The minimum atomic E-state index is -1.11. The van der Waals surface area contributed by atoms with Gasteiger partial charge in [-0.3, -0.25) is 4.79 Å². The molecule has 1 heterocycles. The number of aliphatic hydroxyl groups is 1. The lowest BCUT2D eigenvalue weighted by Crippen LogP contribution is -2.49. The molecule has 110 valence electrons. The molecule has 0 amide bonds. The van der Waals surface area contributed by atoms with Crippen LogP contribution in [0.25, 0.3) is 0 Å². The van der Waals surface area contributed by atoms with E-state index in [0.717, 1.165) is 12.8 Å². The van der Waals surface area contributed by atoms with Crippen LogP contribution >= 0.6 is 0 Å². The average Bonchev–Trinajstić information content (AvgIpc) is 2.50. The first kappa shape index (κ1) is 15.0. The second kappa shape index (κ2) is 4.56. The summed E-state index contributed by atoms with van der Waals surface area (Å²) in [4.78, 5) is 12.8. The molecule has 0 aromatic carbocycles. The summed E-state index contributed by atoms with van der Waals surface area (Å²) >= 11 is 0. The summed E-state index contributed by atoms with van der Waals surface area (Å²) in [5.74, 6) is 0.438. The maximum atomic E-state index is 12.8. The molecule has 1 atom stereocenters. The van der Waals surface area contributed by atoms with Gasteiger partial charge in [-0.15, -0.1) is 0 Å². The number of Topliss-reactive ketones (excluding diaryl/α,β-unsaturated/α-hetero) is 1. The first-order chi connectivity index (χ1) is 8.56. The predicted octanol–water partition coefficient (Wildman–Crippen LogP) is 3.09. The second-order valence-electron chi connectivity index (χ2n) is 7.80. The van der Waals surface area contributed by atoms with E-state index in [-0.39, 0.29) is 17.3 Å².